The van der Waals surface area contributed by atoms with Crippen LogP contribution in [0.1, 0.15) is 45.9 Å². The number of rotatable bonds is 3. The van der Waals surface area contributed by atoms with Crippen LogP contribution in [-0.2, 0) is 15.3 Å². The van der Waals surface area contributed by atoms with E-state index in [1.807, 2.05) is 34.9 Å². The standard InChI is InChI=1S/C18H25ClN2O3S/c1-18(2,3)17-20-14-9-8-13(19)16(15(14)24-17)25(22,23)12-7-6-11(10-12)21(4)5/h8-9,11-12H,6-7,10H2,1-5H3/t11?,12-/m0/s1. The Morgan fingerprint density at radius 3 is 2.48 bits per heavy atom. The summed E-state index contributed by atoms with van der Waals surface area (Å²) in [5.74, 6) is 0.513. The predicted molar refractivity (Wildman–Crippen MR) is 100 cm³/mol. The van der Waals surface area contributed by atoms with Crippen molar-refractivity contribution in [3.63, 3.8) is 0 Å². The summed E-state index contributed by atoms with van der Waals surface area (Å²) in [6.07, 6.45) is 2.12. The lowest BCUT2D eigenvalue weighted by molar-refractivity contribution is 0.299. The van der Waals surface area contributed by atoms with Crippen molar-refractivity contribution in [2.45, 2.75) is 61.6 Å². The van der Waals surface area contributed by atoms with Crippen molar-refractivity contribution < 1.29 is 12.8 Å². The molecule has 0 radical (unpaired) electrons. The monoisotopic (exact) mass is 384 g/mol. The SMILES string of the molecule is CN(C)C1CC[C@H](S(=O)(=O)c2c(Cl)ccc3nc(C(C)(C)C)oc23)C1. The highest BCUT2D eigenvalue weighted by Gasteiger charge is 2.39. The second-order valence-corrected chi connectivity index (χ2v) is 10.7. The highest BCUT2D eigenvalue weighted by Crippen LogP contribution is 2.39. The van der Waals surface area contributed by atoms with Crippen LogP contribution in [0.15, 0.2) is 21.4 Å². The highest BCUT2D eigenvalue weighted by atomic mass is 35.5. The fourth-order valence-corrected chi connectivity index (χ4v) is 5.84. The molecule has 1 aliphatic rings. The Labute approximate surface area is 154 Å². The maximum Gasteiger partial charge on any atom is 0.200 e. The topological polar surface area (TPSA) is 63.4 Å². The van der Waals surface area contributed by atoms with Gasteiger partial charge in [0.25, 0.3) is 0 Å². The maximum absolute atomic E-state index is 13.3. The first-order valence-electron chi connectivity index (χ1n) is 8.51. The Bertz CT molecular complexity index is 897. The molecule has 0 aliphatic heterocycles. The van der Waals surface area contributed by atoms with Crippen molar-refractivity contribution in [3.05, 3.63) is 23.0 Å². The van der Waals surface area contributed by atoms with Gasteiger partial charge in [0.1, 0.15) is 10.4 Å². The van der Waals surface area contributed by atoms with Gasteiger partial charge in [-0.05, 0) is 45.5 Å². The molecule has 1 saturated carbocycles. The number of oxazole rings is 1. The molecular formula is C18H25ClN2O3S. The Morgan fingerprint density at radius 1 is 1.24 bits per heavy atom. The van der Waals surface area contributed by atoms with Crippen LogP contribution in [0.2, 0.25) is 5.02 Å². The van der Waals surface area contributed by atoms with E-state index in [-0.39, 0.29) is 27.0 Å². The van der Waals surface area contributed by atoms with Gasteiger partial charge in [0.15, 0.2) is 15.4 Å². The van der Waals surface area contributed by atoms with E-state index in [0.29, 0.717) is 24.2 Å². The van der Waals surface area contributed by atoms with Gasteiger partial charge in [-0.25, -0.2) is 13.4 Å². The van der Waals surface area contributed by atoms with E-state index in [1.54, 1.807) is 12.1 Å². The van der Waals surface area contributed by atoms with Gasteiger partial charge in [-0.1, -0.05) is 32.4 Å². The van der Waals surface area contributed by atoms with E-state index < -0.39 is 15.1 Å². The largest absolute Gasteiger partial charge is 0.439 e. The Morgan fingerprint density at radius 2 is 1.92 bits per heavy atom. The van der Waals surface area contributed by atoms with Crippen LogP contribution < -0.4 is 0 Å². The van der Waals surface area contributed by atoms with Gasteiger partial charge in [-0.15, -0.1) is 0 Å². The van der Waals surface area contributed by atoms with Gasteiger partial charge in [0.2, 0.25) is 5.89 Å². The summed E-state index contributed by atoms with van der Waals surface area (Å²) >= 11 is 6.31. The summed E-state index contributed by atoms with van der Waals surface area (Å²) in [5.41, 5.74) is 0.511. The quantitative estimate of drug-likeness (QED) is 0.799. The van der Waals surface area contributed by atoms with Crippen LogP contribution in [0.25, 0.3) is 11.1 Å². The molecule has 0 saturated heterocycles. The number of halogens is 1. The first kappa shape index (κ1) is 18.7. The first-order valence-corrected chi connectivity index (χ1v) is 10.4. The van der Waals surface area contributed by atoms with Crippen LogP contribution >= 0.6 is 11.6 Å². The average Bonchev–Trinajstić information content (AvgIpc) is 3.13. The summed E-state index contributed by atoms with van der Waals surface area (Å²) in [6.45, 7) is 5.93. The van der Waals surface area contributed by atoms with Gasteiger partial charge in [0, 0.05) is 11.5 Å². The molecule has 2 atom stereocenters. The number of benzene rings is 1. The lowest BCUT2D eigenvalue weighted by atomic mass is 9.97. The molecule has 3 rings (SSSR count). The third-order valence-corrected chi connectivity index (χ3v) is 7.62. The fraction of sp³-hybridized carbons (Fsp3) is 0.611. The molecule has 1 unspecified atom stereocenters. The van der Waals surface area contributed by atoms with Crippen LogP contribution in [0.4, 0.5) is 0 Å². The van der Waals surface area contributed by atoms with Crippen molar-refractivity contribution >= 4 is 32.5 Å². The molecule has 5 nitrogen and oxygen atoms in total. The molecule has 7 heteroatoms. The third-order valence-electron chi connectivity index (χ3n) is 4.92. The van der Waals surface area contributed by atoms with Gasteiger partial charge in [-0.3, -0.25) is 0 Å². The van der Waals surface area contributed by atoms with E-state index in [9.17, 15) is 8.42 Å². The zero-order valence-electron chi connectivity index (χ0n) is 15.3. The fourth-order valence-electron chi connectivity index (χ4n) is 3.36. The van der Waals surface area contributed by atoms with E-state index >= 15 is 0 Å². The van der Waals surface area contributed by atoms with E-state index in [1.165, 1.54) is 0 Å². The summed E-state index contributed by atoms with van der Waals surface area (Å²) in [6, 6.07) is 3.59. The van der Waals surface area contributed by atoms with E-state index in [0.717, 1.165) is 6.42 Å². The Balaban J connectivity index is 2.11. The number of fused-ring (bicyclic) bond motifs is 1. The Hall–Kier alpha value is -1.11. The molecule has 1 aliphatic carbocycles. The second-order valence-electron chi connectivity index (χ2n) is 8.09. The molecule has 0 amide bonds. The maximum atomic E-state index is 13.3. The normalized spacial score (nSPS) is 22.2. The summed E-state index contributed by atoms with van der Waals surface area (Å²) in [4.78, 5) is 6.65. The zero-order chi connectivity index (χ0) is 18.6. The molecule has 1 fully saturated rings. The lowest BCUT2D eigenvalue weighted by Crippen LogP contribution is -2.27. The predicted octanol–water partition coefficient (Wildman–Crippen LogP) is 4.04. The molecule has 25 heavy (non-hydrogen) atoms. The van der Waals surface area contributed by atoms with E-state index in [4.69, 9.17) is 16.0 Å². The molecule has 1 heterocycles. The minimum absolute atomic E-state index is 0.0964. The number of hydrogen-bond donors (Lipinski definition) is 0. The third kappa shape index (κ3) is 3.32. The molecule has 0 bridgehead atoms. The van der Waals surface area contributed by atoms with Gasteiger partial charge in [-0.2, -0.15) is 0 Å². The zero-order valence-corrected chi connectivity index (χ0v) is 16.9. The summed E-state index contributed by atoms with van der Waals surface area (Å²) < 4.78 is 32.5. The number of sulfone groups is 1. The number of nitrogens with zero attached hydrogens (tertiary/aromatic N) is 2. The van der Waals surface area contributed by atoms with Crippen LogP contribution in [0.3, 0.4) is 0 Å². The number of aromatic nitrogens is 1. The molecule has 138 valence electrons. The average molecular weight is 385 g/mol. The highest BCUT2D eigenvalue weighted by molar-refractivity contribution is 7.92. The molecule has 2 aromatic rings. The summed E-state index contributed by atoms with van der Waals surface area (Å²) in [5, 5.41) is -0.233. The van der Waals surface area contributed by atoms with Crippen LogP contribution in [0, 0.1) is 0 Å². The van der Waals surface area contributed by atoms with Crippen molar-refractivity contribution in [1.29, 1.82) is 0 Å². The van der Waals surface area contributed by atoms with Crippen molar-refractivity contribution in [1.82, 2.24) is 9.88 Å². The molecule has 1 aromatic heterocycles. The summed E-state index contributed by atoms with van der Waals surface area (Å²) in [7, 11) is 0.384. The van der Waals surface area contributed by atoms with Crippen LogP contribution in [0.5, 0.6) is 0 Å². The minimum Gasteiger partial charge on any atom is -0.439 e. The van der Waals surface area contributed by atoms with Crippen molar-refractivity contribution in [3.8, 4) is 0 Å². The second kappa shape index (κ2) is 6.25. The number of hydrogen-bond acceptors (Lipinski definition) is 5. The minimum atomic E-state index is -3.59. The first-order chi connectivity index (χ1) is 11.5. The van der Waals surface area contributed by atoms with E-state index in [2.05, 4.69) is 9.88 Å². The van der Waals surface area contributed by atoms with Crippen LogP contribution in [-0.4, -0.2) is 43.7 Å². The molecular weight excluding hydrogens is 360 g/mol. The van der Waals surface area contributed by atoms with Crippen molar-refractivity contribution in [2.24, 2.45) is 0 Å². The van der Waals surface area contributed by atoms with Gasteiger partial charge in [0.05, 0.1) is 10.3 Å². The molecule has 0 N–H and O–H groups in total. The molecule has 1 aromatic carbocycles. The lowest BCUT2D eigenvalue weighted by Gasteiger charge is -2.19. The molecule has 0 spiro atoms. The Kier molecular flexibility index (Phi) is 4.67. The van der Waals surface area contributed by atoms with Crippen molar-refractivity contribution in [2.75, 3.05) is 14.1 Å². The smallest absolute Gasteiger partial charge is 0.200 e. The van der Waals surface area contributed by atoms with Gasteiger partial charge < -0.3 is 9.32 Å². The van der Waals surface area contributed by atoms with Gasteiger partial charge >= 0.3 is 0 Å².